The second-order valence-corrected chi connectivity index (χ2v) is 5.80. The fourth-order valence-electron chi connectivity index (χ4n) is 1.74. The highest BCUT2D eigenvalue weighted by atomic mass is 16.4. The summed E-state index contributed by atoms with van der Waals surface area (Å²) in [5.74, 6) is -4.63. The number of primary amides is 1. The number of hydrogen-bond donors (Lipinski definition) is 7. The lowest BCUT2D eigenvalue weighted by atomic mass is 10.1. The Labute approximate surface area is 149 Å². The maximum atomic E-state index is 12.2. The minimum Gasteiger partial charge on any atom is -0.480 e. The van der Waals surface area contributed by atoms with Crippen LogP contribution in [0.5, 0.6) is 0 Å². The van der Waals surface area contributed by atoms with Crippen molar-refractivity contribution in [3.63, 3.8) is 0 Å². The van der Waals surface area contributed by atoms with Gasteiger partial charge in [0.15, 0.2) is 0 Å². The molecule has 0 aromatic carbocycles. The third kappa shape index (κ3) is 7.90. The van der Waals surface area contributed by atoms with Gasteiger partial charge in [-0.2, -0.15) is 0 Å². The van der Waals surface area contributed by atoms with Gasteiger partial charge >= 0.3 is 5.97 Å². The van der Waals surface area contributed by atoms with Gasteiger partial charge in [0.05, 0.1) is 18.6 Å². The monoisotopic (exact) mass is 375 g/mol. The van der Waals surface area contributed by atoms with Crippen molar-refractivity contribution in [1.29, 1.82) is 0 Å². The van der Waals surface area contributed by atoms with Gasteiger partial charge in [-0.25, -0.2) is 0 Å². The summed E-state index contributed by atoms with van der Waals surface area (Å²) in [5, 5.41) is 25.0. The summed E-state index contributed by atoms with van der Waals surface area (Å²) in [6.45, 7) is 3.76. The molecule has 12 heteroatoms. The Morgan fingerprint density at radius 1 is 0.885 bits per heavy atom. The molecule has 0 aromatic rings. The second-order valence-electron chi connectivity index (χ2n) is 5.80. The molecule has 0 heterocycles. The van der Waals surface area contributed by atoms with Gasteiger partial charge in [0.2, 0.25) is 23.6 Å². The van der Waals surface area contributed by atoms with E-state index in [1.165, 1.54) is 20.8 Å². The zero-order valence-electron chi connectivity index (χ0n) is 14.7. The van der Waals surface area contributed by atoms with E-state index in [2.05, 4.69) is 16.0 Å². The Morgan fingerprint density at radius 2 is 1.38 bits per heavy atom. The van der Waals surface area contributed by atoms with E-state index < -0.39 is 66.3 Å². The maximum Gasteiger partial charge on any atom is 0.325 e. The average Bonchev–Trinajstić information content (AvgIpc) is 2.50. The first kappa shape index (κ1) is 23.3. The fraction of sp³-hybridized carbons (Fsp3) is 0.643. The average molecular weight is 375 g/mol. The Morgan fingerprint density at radius 3 is 1.81 bits per heavy atom. The van der Waals surface area contributed by atoms with Crippen LogP contribution in [0.25, 0.3) is 0 Å². The first-order valence-electron chi connectivity index (χ1n) is 7.72. The van der Waals surface area contributed by atoms with Crippen molar-refractivity contribution in [2.24, 2.45) is 11.5 Å². The van der Waals surface area contributed by atoms with E-state index in [1.54, 1.807) is 0 Å². The summed E-state index contributed by atoms with van der Waals surface area (Å²) in [5.41, 5.74) is 10.4. The van der Waals surface area contributed by atoms with Crippen LogP contribution in [0.15, 0.2) is 0 Å². The van der Waals surface area contributed by atoms with E-state index in [0.29, 0.717) is 0 Å². The number of nitrogens with two attached hydrogens (primary N) is 2. The summed E-state index contributed by atoms with van der Waals surface area (Å²) in [7, 11) is 0. The van der Waals surface area contributed by atoms with Crippen LogP contribution in [0.2, 0.25) is 0 Å². The van der Waals surface area contributed by atoms with Crippen molar-refractivity contribution in [1.82, 2.24) is 16.0 Å². The van der Waals surface area contributed by atoms with Gasteiger partial charge in [0, 0.05) is 0 Å². The van der Waals surface area contributed by atoms with Crippen LogP contribution in [0, 0.1) is 0 Å². The molecule has 0 aliphatic carbocycles. The number of aliphatic carboxylic acids is 1. The molecule has 0 radical (unpaired) electrons. The molecule has 5 atom stereocenters. The van der Waals surface area contributed by atoms with E-state index in [9.17, 15) is 29.1 Å². The smallest absolute Gasteiger partial charge is 0.325 e. The van der Waals surface area contributed by atoms with Crippen LogP contribution in [0.1, 0.15) is 27.2 Å². The minimum absolute atomic E-state index is 0.453. The number of aliphatic hydroxyl groups is 1. The van der Waals surface area contributed by atoms with E-state index in [1.807, 2.05) is 0 Å². The lowest BCUT2D eigenvalue weighted by Gasteiger charge is -2.24. The Kier molecular flexibility index (Phi) is 9.22. The zero-order chi connectivity index (χ0) is 20.6. The molecular formula is C14H25N5O7. The molecule has 0 saturated heterocycles. The van der Waals surface area contributed by atoms with Crippen molar-refractivity contribution < 1.29 is 34.2 Å². The number of aliphatic hydroxyl groups excluding tert-OH is 1. The first-order chi connectivity index (χ1) is 11.9. The van der Waals surface area contributed by atoms with Crippen molar-refractivity contribution in [3.05, 3.63) is 0 Å². The number of carbonyl (C=O) groups excluding carboxylic acids is 4. The van der Waals surface area contributed by atoms with Crippen molar-refractivity contribution in [2.75, 3.05) is 0 Å². The number of nitrogens with one attached hydrogen (secondary N) is 3. The fourth-order valence-corrected chi connectivity index (χ4v) is 1.74. The number of rotatable bonds is 10. The molecule has 0 aromatic heterocycles. The quantitative estimate of drug-likeness (QED) is 0.200. The number of hydrogen-bond acceptors (Lipinski definition) is 7. The van der Waals surface area contributed by atoms with Gasteiger partial charge in [0.25, 0.3) is 0 Å². The number of carboxylic acids is 1. The molecule has 0 unspecified atom stereocenters. The van der Waals surface area contributed by atoms with Crippen LogP contribution in [-0.2, 0) is 24.0 Å². The highest BCUT2D eigenvalue weighted by Gasteiger charge is 2.30. The summed E-state index contributed by atoms with van der Waals surface area (Å²) in [6.07, 6.45) is -1.79. The maximum absolute atomic E-state index is 12.2. The molecule has 0 aliphatic rings. The molecule has 26 heavy (non-hydrogen) atoms. The van der Waals surface area contributed by atoms with Gasteiger partial charge in [0.1, 0.15) is 18.1 Å². The molecule has 12 nitrogen and oxygen atoms in total. The van der Waals surface area contributed by atoms with E-state index in [-0.39, 0.29) is 0 Å². The van der Waals surface area contributed by atoms with Crippen LogP contribution < -0.4 is 27.4 Å². The third-order valence-corrected chi connectivity index (χ3v) is 3.30. The molecule has 4 amide bonds. The predicted molar refractivity (Wildman–Crippen MR) is 88.2 cm³/mol. The molecule has 0 saturated carbocycles. The Balaban J connectivity index is 4.87. The topological polar surface area (TPSA) is 214 Å². The van der Waals surface area contributed by atoms with Gasteiger partial charge in [-0.15, -0.1) is 0 Å². The molecule has 0 aliphatic heterocycles. The molecule has 148 valence electrons. The molecule has 0 spiro atoms. The van der Waals surface area contributed by atoms with Crippen molar-refractivity contribution in [3.8, 4) is 0 Å². The highest BCUT2D eigenvalue weighted by molar-refractivity contribution is 5.95. The summed E-state index contributed by atoms with van der Waals surface area (Å²) in [6, 6.07) is -5.06. The van der Waals surface area contributed by atoms with Crippen LogP contribution in [0.3, 0.4) is 0 Å². The van der Waals surface area contributed by atoms with Crippen LogP contribution in [0.4, 0.5) is 0 Å². The summed E-state index contributed by atoms with van der Waals surface area (Å²) >= 11 is 0. The SMILES string of the molecule is C[C@H](NC(=O)[C@H](C)NC(=O)[C@@H](NC(=O)[C@@H](N)CC(N)=O)[C@@H](C)O)C(=O)O. The lowest BCUT2D eigenvalue weighted by molar-refractivity contribution is -0.141. The van der Waals surface area contributed by atoms with Gasteiger partial charge < -0.3 is 37.6 Å². The zero-order valence-corrected chi connectivity index (χ0v) is 14.7. The first-order valence-corrected chi connectivity index (χ1v) is 7.72. The molecular weight excluding hydrogens is 350 g/mol. The largest absolute Gasteiger partial charge is 0.480 e. The van der Waals surface area contributed by atoms with Gasteiger partial charge in [-0.05, 0) is 20.8 Å². The van der Waals surface area contributed by atoms with Crippen molar-refractivity contribution >= 4 is 29.6 Å². The van der Waals surface area contributed by atoms with Crippen LogP contribution in [-0.4, -0.2) is 70.1 Å². The highest BCUT2D eigenvalue weighted by Crippen LogP contribution is 1.98. The number of carboxylic acid groups (broad SMARTS) is 1. The normalized spacial score (nSPS) is 16.3. The van der Waals surface area contributed by atoms with Crippen molar-refractivity contribution in [2.45, 2.75) is 57.5 Å². The minimum atomic E-state index is -1.45. The second kappa shape index (κ2) is 10.3. The van der Waals surface area contributed by atoms with E-state index in [0.717, 1.165) is 0 Å². The standard InChI is InChI=1S/C14H25N5O7/c1-5(11(22)18-6(2)14(25)26)17-13(24)10(7(3)20)19-12(23)8(15)4-9(16)21/h5-8,10,20H,4,15H2,1-3H3,(H2,16,21)(H,17,24)(H,18,22)(H,19,23)(H,25,26)/t5-,6-,7+,8-,10-/m0/s1. The molecule has 0 bridgehead atoms. The van der Waals surface area contributed by atoms with E-state index in [4.69, 9.17) is 16.6 Å². The third-order valence-electron chi connectivity index (χ3n) is 3.30. The predicted octanol–water partition coefficient (Wildman–Crippen LogP) is -3.85. The molecule has 0 fully saturated rings. The van der Waals surface area contributed by atoms with Gasteiger partial charge in [-0.3, -0.25) is 24.0 Å². The Bertz CT molecular complexity index is 566. The molecule has 0 rings (SSSR count). The summed E-state index contributed by atoms with van der Waals surface area (Å²) in [4.78, 5) is 57.4. The summed E-state index contributed by atoms with van der Waals surface area (Å²) < 4.78 is 0. The Hall–Kier alpha value is -2.73. The number of amides is 4. The molecule has 9 N–H and O–H groups in total. The number of carbonyl (C=O) groups is 5. The van der Waals surface area contributed by atoms with E-state index >= 15 is 0 Å². The van der Waals surface area contributed by atoms with Crippen LogP contribution >= 0.6 is 0 Å². The lowest BCUT2D eigenvalue weighted by Crippen LogP contribution is -2.59. The van der Waals surface area contributed by atoms with Gasteiger partial charge in [-0.1, -0.05) is 0 Å².